The number of likely N-dealkylation sites (N-methyl/N-ethyl adjacent to an activating group) is 1. The van der Waals surface area contributed by atoms with Crippen LogP contribution in [0.4, 0.5) is 4.39 Å². The molecule has 0 radical (unpaired) electrons. The largest absolute Gasteiger partial charge is 0.374 e. The standard InChI is InChI=1S/C16H25FN4O.HI/c1-18-16(19-10-15-12-20(2)7-8-22-15)21(3)11-13-5-4-6-14(17)9-13;/h4-6,9,15H,7-8,10-12H2,1-3H3,(H,18,19);1H. The molecule has 2 rings (SSSR count). The van der Waals surface area contributed by atoms with Crippen LogP contribution in [0.3, 0.4) is 0 Å². The van der Waals surface area contributed by atoms with E-state index in [2.05, 4.69) is 22.3 Å². The molecular weight excluding hydrogens is 410 g/mol. The van der Waals surface area contributed by atoms with Gasteiger partial charge >= 0.3 is 0 Å². The Bertz CT molecular complexity index is 515. The van der Waals surface area contributed by atoms with Crippen molar-refractivity contribution in [1.29, 1.82) is 0 Å². The van der Waals surface area contributed by atoms with Crippen LogP contribution in [0.25, 0.3) is 0 Å². The van der Waals surface area contributed by atoms with Crippen LogP contribution < -0.4 is 5.32 Å². The number of hydrogen-bond donors (Lipinski definition) is 1. The summed E-state index contributed by atoms with van der Waals surface area (Å²) in [4.78, 5) is 8.51. The topological polar surface area (TPSA) is 40.1 Å². The van der Waals surface area contributed by atoms with Crippen molar-refractivity contribution < 1.29 is 9.13 Å². The number of nitrogens with one attached hydrogen (secondary N) is 1. The molecule has 5 nitrogen and oxygen atoms in total. The van der Waals surface area contributed by atoms with E-state index in [0.29, 0.717) is 13.1 Å². The Morgan fingerprint density at radius 1 is 1.52 bits per heavy atom. The Labute approximate surface area is 154 Å². The van der Waals surface area contributed by atoms with E-state index in [0.717, 1.165) is 31.2 Å². The Hall–Kier alpha value is -0.930. The molecule has 130 valence electrons. The van der Waals surface area contributed by atoms with Gasteiger partial charge in [0.05, 0.1) is 12.7 Å². The minimum absolute atomic E-state index is 0. The second kappa shape index (κ2) is 10.0. The van der Waals surface area contributed by atoms with E-state index in [1.807, 2.05) is 18.0 Å². The molecule has 1 fully saturated rings. The van der Waals surface area contributed by atoms with Crippen molar-refractivity contribution in [2.24, 2.45) is 4.99 Å². The summed E-state index contributed by atoms with van der Waals surface area (Å²) >= 11 is 0. The highest BCUT2D eigenvalue weighted by molar-refractivity contribution is 14.0. The third kappa shape index (κ3) is 6.60. The first kappa shape index (κ1) is 20.1. The number of rotatable bonds is 4. The molecule has 1 aliphatic heterocycles. The zero-order valence-electron chi connectivity index (χ0n) is 14.0. The second-order valence-corrected chi connectivity index (χ2v) is 5.67. The van der Waals surface area contributed by atoms with Crippen LogP contribution in [0.2, 0.25) is 0 Å². The Morgan fingerprint density at radius 2 is 2.30 bits per heavy atom. The van der Waals surface area contributed by atoms with Crippen LogP contribution in [-0.2, 0) is 11.3 Å². The highest BCUT2D eigenvalue weighted by Gasteiger charge is 2.18. The third-order valence-electron chi connectivity index (χ3n) is 3.71. The molecule has 1 heterocycles. The lowest BCUT2D eigenvalue weighted by Gasteiger charge is -2.31. The van der Waals surface area contributed by atoms with E-state index in [4.69, 9.17) is 4.74 Å². The number of nitrogens with zero attached hydrogens (tertiary/aromatic N) is 3. The number of benzene rings is 1. The van der Waals surface area contributed by atoms with Crippen molar-refractivity contribution in [3.63, 3.8) is 0 Å². The van der Waals surface area contributed by atoms with Crippen LogP contribution in [0.5, 0.6) is 0 Å². The summed E-state index contributed by atoms with van der Waals surface area (Å²) in [5.41, 5.74) is 0.916. The van der Waals surface area contributed by atoms with Crippen LogP contribution in [0.1, 0.15) is 5.56 Å². The van der Waals surface area contributed by atoms with E-state index in [9.17, 15) is 4.39 Å². The summed E-state index contributed by atoms with van der Waals surface area (Å²) in [6.07, 6.45) is 0.165. The molecule has 1 saturated heterocycles. The van der Waals surface area contributed by atoms with Gasteiger partial charge in [-0.2, -0.15) is 0 Å². The van der Waals surface area contributed by atoms with Gasteiger partial charge in [0.1, 0.15) is 5.82 Å². The maximum Gasteiger partial charge on any atom is 0.193 e. The van der Waals surface area contributed by atoms with Gasteiger partial charge in [0.15, 0.2) is 5.96 Å². The summed E-state index contributed by atoms with van der Waals surface area (Å²) in [6.45, 7) is 3.97. The van der Waals surface area contributed by atoms with Gasteiger partial charge in [-0.1, -0.05) is 12.1 Å². The van der Waals surface area contributed by atoms with Crippen LogP contribution in [0.15, 0.2) is 29.3 Å². The van der Waals surface area contributed by atoms with Crippen molar-refractivity contribution in [3.8, 4) is 0 Å². The molecule has 7 heteroatoms. The van der Waals surface area contributed by atoms with Gasteiger partial charge in [0, 0.05) is 40.3 Å². The van der Waals surface area contributed by atoms with Crippen molar-refractivity contribution in [2.45, 2.75) is 12.6 Å². The van der Waals surface area contributed by atoms with Gasteiger partial charge in [0.25, 0.3) is 0 Å². The van der Waals surface area contributed by atoms with E-state index < -0.39 is 0 Å². The fourth-order valence-corrected chi connectivity index (χ4v) is 2.56. The van der Waals surface area contributed by atoms with Gasteiger partial charge in [-0.05, 0) is 24.7 Å². The number of aliphatic imine (C=N–C) groups is 1. The normalized spacial score (nSPS) is 19.1. The molecule has 1 N–H and O–H groups in total. The highest BCUT2D eigenvalue weighted by atomic mass is 127. The molecule has 1 atom stereocenters. The van der Waals surface area contributed by atoms with Gasteiger partial charge in [-0.15, -0.1) is 24.0 Å². The Morgan fingerprint density at radius 3 is 2.96 bits per heavy atom. The van der Waals surface area contributed by atoms with Crippen LogP contribution in [0, 0.1) is 5.82 Å². The Balaban J connectivity index is 0.00000264. The molecule has 0 aliphatic carbocycles. The van der Waals surface area contributed by atoms with Gasteiger partial charge in [0.2, 0.25) is 0 Å². The number of morpholine rings is 1. The van der Waals surface area contributed by atoms with Crippen molar-refractivity contribution in [1.82, 2.24) is 15.1 Å². The lowest BCUT2D eigenvalue weighted by Crippen LogP contribution is -2.48. The highest BCUT2D eigenvalue weighted by Crippen LogP contribution is 2.07. The molecule has 0 amide bonds. The monoisotopic (exact) mass is 436 g/mol. The maximum absolute atomic E-state index is 13.2. The van der Waals surface area contributed by atoms with Gasteiger partial charge in [-0.25, -0.2) is 4.39 Å². The number of ether oxygens (including phenoxy) is 1. The molecule has 1 aromatic rings. The summed E-state index contributed by atoms with van der Waals surface area (Å²) in [7, 11) is 5.78. The third-order valence-corrected chi connectivity index (χ3v) is 3.71. The lowest BCUT2D eigenvalue weighted by molar-refractivity contribution is -0.0163. The average molecular weight is 436 g/mol. The molecule has 0 bridgehead atoms. The quantitative estimate of drug-likeness (QED) is 0.444. The minimum atomic E-state index is -0.215. The molecule has 1 unspecified atom stereocenters. The van der Waals surface area contributed by atoms with E-state index in [1.165, 1.54) is 6.07 Å². The van der Waals surface area contributed by atoms with Crippen molar-refractivity contribution in [2.75, 3.05) is 47.4 Å². The second-order valence-electron chi connectivity index (χ2n) is 5.67. The predicted octanol–water partition coefficient (Wildman–Crippen LogP) is 1.78. The molecule has 1 aromatic carbocycles. The van der Waals surface area contributed by atoms with Gasteiger partial charge < -0.3 is 19.9 Å². The molecule has 0 spiro atoms. The summed E-state index contributed by atoms with van der Waals surface area (Å²) in [5, 5.41) is 3.32. The van der Waals surface area contributed by atoms with Crippen LogP contribution in [-0.4, -0.2) is 69.2 Å². The number of hydrogen-bond acceptors (Lipinski definition) is 3. The SMILES string of the molecule is CN=C(NCC1CN(C)CCO1)N(C)Cc1cccc(F)c1.I. The lowest BCUT2D eigenvalue weighted by atomic mass is 10.2. The maximum atomic E-state index is 13.2. The van der Waals surface area contributed by atoms with Gasteiger partial charge in [-0.3, -0.25) is 4.99 Å². The smallest absolute Gasteiger partial charge is 0.193 e. The first-order valence-electron chi connectivity index (χ1n) is 7.55. The van der Waals surface area contributed by atoms with E-state index in [1.54, 1.807) is 19.2 Å². The average Bonchev–Trinajstić information content (AvgIpc) is 2.48. The summed E-state index contributed by atoms with van der Waals surface area (Å²) < 4.78 is 19.0. The first-order chi connectivity index (χ1) is 10.6. The van der Waals surface area contributed by atoms with Crippen molar-refractivity contribution in [3.05, 3.63) is 35.6 Å². The minimum Gasteiger partial charge on any atom is -0.374 e. The molecule has 0 aromatic heterocycles. The van der Waals surface area contributed by atoms with E-state index >= 15 is 0 Å². The zero-order valence-corrected chi connectivity index (χ0v) is 16.3. The Kier molecular flexibility index (Phi) is 8.78. The number of guanidine groups is 1. The fourth-order valence-electron chi connectivity index (χ4n) is 2.56. The van der Waals surface area contributed by atoms with Crippen LogP contribution >= 0.6 is 24.0 Å². The predicted molar refractivity (Wildman–Crippen MR) is 102 cm³/mol. The molecule has 1 aliphatic rings. The first-order valence-corrected chi connectivity index (χ1v) is 7.55. The molecule has 0 saturated carbocycles. The molecular formula is C16H26FIN4O. The molecule has 23 heavy (non-hydrogen) atoms. The summed E-state index contributed by atoms with van der Waals surface area (Å²) in [6, 6.07) is 6.63. The fraction of sp³-hybridized carbons (Fsp3) is 0.562. The summed E-state index contributed by atoms with van der Waals surface area (Å²) in [5.74, 6) is 0.563. The van der Waals surface area contributed by atoms with E-state index in [-0.39, 0.29) is 35.9 Å². The van der Waals surface area contributed by atoms with Crippen molar-refractivity contribution >= 4 is 29.9 Å². The zero-order chi connectivity index (χ0) is 15.9. The number of halogens is 2.